The van der Waals surface area contributed by atoms with Crippen molar-refractivity contribution in [3.05, 3.63) is 12.7 Å². The SMILES string of the molecule is CC(C)CC(CC(C)C)=NOP(CO[C@H](C)Cn1cnc2c(N)ncnc21)NC(C)(C)C(=O)OC1CCC1. The van der Waals surface area contributed by atoms with Crippen LogP contribution in [0.1, 0.15) is 80.6 Å². The van der Waals surface area contributed by atoms with E-state index in [1.165, 1.54) is 6.33 Å². The number of fused-ring (bicyclic) bond motifs is 1. The zero-order valence-electron chi connectivity index (χ0n) is 23.8. The Morgan fingerprint density at radius 3 is 2.47 bits per heavy atom. The van der Waals surface area contributed by atoms with Gasteiger partial charge in [0.25, 0.3) is 0 Å². The lowest BCUT2D eigenvalue weighted by molar-refractivity contribution is -0.159. The number of hydrogen-bond donors (Lipinski definition) is 2. The fraction of sp³-hybridized carbons (Fsp3) is 0.731. The van der Waals surface area contributed by atoms with E-state index in [0.717, 1.165) is 37.8 Å². The van der Waals surface area contributed by atoms with Crippen molar-refractivity contribution in [2.75, 3.05) is 12.1 Å². The molecule has 2 aromatic heterocycles. The van der Waals surface area contributed by atoms with Crippen LogP contribution < -0.4 is 10.8 Å². The number of carbonyl (C=O) groups excluding carboxylic acids is 1. The highest BCUT2D eigenvalue weighted by Gasteiger charge is 2.36. The molecule has 0 radical (unpaired) electrons. The van der Waals surface area contributed by atoms with Gasteiger partial charge in [0.15, 0.2) is 11.5 Å². The van der Waals surface area contributed by atoms with Crippen LogP contribution in [-0.2, 0) is 25.4 Å². The Kier molecular flexibility index (Phi) is 10.8. The van der Waals surface area contributed by atoms with Crippen molar-refractivity contribution in [2.24, 2.45) is 17.0 Å². The smallest absolute Gasteiger partial charge is 0.326 e. The van der Waals surface area contributed by atoms with E-state index < -0.39 is 13.8 Å². The second-order valence-corrected chi connectivity index (χ2v) is 12.8. The van der Waals surface area contributed by atoms with Crippen LogP contribution in [0.5, 0.6) is 0 Å². The lowest BCUT2D eigenvalue weighted by atomic mass is 9.96. The molecule has 1 unspecified atom stereocenters. The molecule has 0 bridgehead atoms. The molecular weight excluding hydrogens is 505 g/mol. The molecule has 0 aliphatic heterocycles. The minimum absolute atomic E-state index is 0.0107. The average Bonchev–Trinajstić information content (AvgIpc) is 3.20. The van der Waals surface area contributed by atoms with E-state index in [0.29, 0.717) is 35.4 Å². The molecule has 3 rings (SSSR count). The quantitative estimate of drug-likeness (QED) is 0.136. The van der Waals surface area contributed by atoms with E-state index in [1.807, 2.05) is 25.3 Å². The van der Waals surface area contributed by atoms with Crippen LogP contribution in [0, 0.1) is 11.8 Å². The molecule has 38 heavy (non-hydrogen) atoms. The molecule has 1 aliphatic rings. The summed E-state index contributed by atoms with van der Waals surface area (Å²) in [5, 5.41) is 7.88. The van der Waals surface area contributed by atoms with Crippen molar-refractivity contribution in [1.82, 2.24) is 24.6 Å². The summed E-state index contributed by atoms with van der Waals surface area (Å²) in [6, 6.07) is 0. The summed E-state index contributed by atoms with van der Waals surface area (Å²) in [4.78, 5) is 25.5. The van der Waals surface area contributed by atoms with Gasteiger partial charge in [0.05, 0.1) is 24.7 Å². The van der Waals surface area contributed by atoms with Crippen molar-refractivity contribution in [3.8, 4) is 0 Å². The fourth-order valence-corrected chi connectivity index (χ4v) is 5.46. The Labute approximate surface area is 227 Å². The number of carbonyl (C=O) groups is 1. The number of nitrogens with two attached hydrogens (primary N) is 1. The number of hydrogen-bond acceptors (Lipinski definition) is 10. The zero-order valence-corrected chi connectivity index (χ0v) is 24.7. The van der Waals surface area contributed by atoms with Gasteiger partial charge in [0.2, 0.25) is 8.30 Å². The molecule has 0 spiro atoms. The molecule has 3 N–H and O–H groups in total. The first-order valence-corrected chi connectivity index (χ1v) is 14.9. The van der Waals surface area contributed by atoms with Crippen LogP contribution in [0.4, 0.5) is 5.82 Å². The van der Waals surface area contributed by atoms with E-state index in [9.17, 15) is 4.79 Å². The monoisotopic (exact) mass is 549 g/mol. The normalized spacial score (nSPS) is 15.9. The van der Waals surface area contributed by atoms with Gasteiger partial charge in [-0.15, -0.1) is 0 Å². The number of nitrogens with one attached hydrogen (secondary N) is 1. The number of anilines is 1. The van der Waals surface area contributed by atoms with E-state index in [4.69, 9.17) is 19.8 Å². The summed E-state index contributed by atoms with van der Waals surface area (Å²) < 4.78 is 19.8. The van der Waals surface area contributed by atoms with E-state index in [2.05, 4.69) is 52.9 Å². The van der Waals surface area contributed by atoms with Gasteiger partial charge in [-0.2, -0.15) is 0 Å². The molecule has 1 aliphatic carbocycles. The summed E-state index contributed by atoms with van der Waals surface area (Å²) in [7, 11) is -1.44. The first kappa shape index (κ1) is 30.2. The third-order valence-electron chi connectivity index (χ3n) is 6.16. The molecule has 212 valence electrons. The van der Waals surface area contributed by atoms with Gasteiger partial charge in [0, 0.05) is 0 Å². The van der Waals surface area contributed by atoms with Gasteiger partial charge in [-0.05, 0) is 64.7 Å². The van der Waals surface area contributed by atoms with Gasteiger partial charge in [-0.25, -0.2) is 20.0 Å². The minimum Gasteiger partial charge on any atom is -0.461 e. The van der Waals surface area contributed by atoms with Crippen LogP contribution in [0.2, 0.25) is 0 Å². The summed E-state index contributed by atoms with van der Waals surface area (Å²) in [6.07, 6.45) is 7.80. The highest BCUT2D eigenvalue weighted by Crippen LogP contribution is 2.37. The maximum atomic E-state index is 12.9. The first-order chi connectivity index (χ1) is 17.9. The second-order valence-electron chi connectivity index (χ2n) is 11.4. The van der Waals surface area contributed by atoms with Crippen molar-refractivity contribution < 1.29 is 18.9 Å². The Morgan fingerprint density at radius 2 is 1.87 bits per heavy atom. The topological polar surface area (TPSA) is 139 Å². The fourth-order valence-electron chi connectivity index (χ4n) is 3.99. The van der Waals surface area contributed by atoms with Crippen LogP contribution in [0.15, 0.2) is 17.8 Å². The van der Waals surface area contributed by atoms with Crippen molar-refractivity contribution in [2.45, 2.75) is 105 Å². The molecule has 1 saturated carbocycles. The van der Waals surface area contributed by atoms with Crippen LogP contribution in [-0.4, -0.2) is 55.3 Å². The number of oxime groups is 1. The second kappa shape index (κ2) is 13.6. The summed E-state index contributed by atoms with van der Waals surface area (Å²) in [6.45, 7) is 14.8. The van der Waals surface area contributed by atoms with Crippen LogP contribution in [0.3, 0.4) is 0 Å². The van der Waals surface area contributed by atoms with Gasteiger partial charge in [0.1, 0.15) is 29.8 Å². The Hall–Kier alpha value is -2.36. The van der Waals surface area contributed by atoms with Crippen LogP contribution in [0.25, 0.3) is 11.2 Å². The number of esters is 1. The molecule has 2 aromatic rings. The maximum Gasteiger partial charge on any atom is 0.326 e. The van der Waals surface area contributed by atoms with Gasteiger partial charge in [-0.3, -0.25) is 4.79 Å². The molecule has 1 fully saturated rings. The van der Waals surface area contributed by atoms with Gasteiger partial charge in [-0.1, -0.05) is 32.9 Å². The number of aromatic nitrogens is 4. The minimum atomic E-state index is -1.44. The van der Waals surface area contributed by atoms with E-state index in [-0.39, 0.29) is 24.5 Å². The predicted octanol–water partition coefficient (Wildman–Crippen LogP) is 5.01. The number of rotatable bonds is 15. The molecular formula is C26H44N7O4P. The molecule has 0 saturated heterocycles. The molecule has 2 heterocycles. The number of nitrogen functional groups attached to an aromatic ring is 1. The van der Waals surface area contributed by atoms with Crippen molar-refractivity contribution in [3.63, 3.8) is 0 Å². The summed E-state index contributed by atoms with van der Waals surface area (Å²) >= 11 is 0. The molecule has 2 atom stereocenters. The molecule has 0 amide bonds. The first-order valence-electron chi connectivity index (χ1n) is 13.5. The lowest BCUT2D eigenvalue weighted by Crippen LogP contribution is -2.47. The standard InChI is InChI=1S/C26H44N7O4P/c1-17(2)11-20(12-18(3)4)31-37-38(32-26(6,7)25(34)36-21-9-8-10-21)16-35-19(5)13-33-15-30-22-23(27)28-14-29-24(22)33/h14-15,17-19,21,32H,8-13,16H2,1-7H3,(H2,27,28,29)/t19-,38?/m1/s1. The number of imidazole rings is 1. The highest BCUT2D eigenvalue weighted by atomic mass is 31.2. The van der Waals surface area contributed by atoms with Gasteiger partial charge >= 0.3 is 5.97 Å². The summed E-state index contributed by atoms with van der Waals surface area (Å²) in [5.74, 6) is 0.976. The van der Waals surface area contributed by atoms with E-state index >= 15 is 0 Å². The Bertz CT molecular complexity index is 1070. The van der Waals surface area contributed by atoms with Crippen molar-refractivity contribution in [1.29, 1.82) is 0 Å². The lowest BCUT2D eigenvalue weighted by Gasteiger charge is -2.32. The number of ether oxygens (including phenoxy) is 2. The van der Waals surface area contributed by atoms with Crippen LogP contribution >= 0.6 is 8.30 Å². The molecule has 12 heteroatoms. The number of nitrogens with zero attached hydrogens (tertiary/aromatic N) is 5. The summed E-state index contributed by atoms with van der Waals surface area (Å²) in [5.41, 5.74) is 7.19. The Balaban J connectivity index is 1.68. The van der Waals surface area contributed by atoms with Gasteiger partial charge < -0.3 is 24.4 Å². The third-order valence-corrected chi connectivity index (χ3v) is 7.63. The average molecular weight is 550 g/mol. The maximum absolute atomic E-state index is 12.9. The largest absolute Gasteiger partial charge is 0.461 e. The molecule has 11 nitrogen and oxygen atoms in total. The third kappa shape index (κ3) is 8.85. The highest BCUT2D eigenvalue weighted by molar-refractivity contribution is 7.50. The zero-order chi connectivity index (χ0) is 27.9. The van der Waals surface area contributed by atoms with E-state index in [1.54, 1.807) is 6.33 Å². The molecule has 0 aromatic carbocycles. The van der Waals surface area contributed by atoms with Crippen molar-refractivity contribution >= 4 is 37.0 Å². The Morgan fingerprint density at radius 1 is 1.18 bits per heavy atom. The predicted molar refractivity (Wildman–Crippen MR) is 150 cm³/mol.